The van der Waals surface area contributed by atoms with Gasteiger partial charge in [-0.15, -0.1) is 0 Å². The minimum Gasteiger partial charge on any atom is -0.354 e. The van der Waals surface area contributed by atoms with E-state index in [0.29, 0.717) is 6.54 Å². The summed E-state index contributed by atoms with van der Waals surface area (Å²) in [7, 11) is 0. The number of hydrogen-bond donors (Lipinski definition) is 2. The largest absolute Gasteiger partial charge is 0.354 e. The van der Waals surface area contributed by atoms with Crippen molar-refractivity contribution in [2.45, 2.75) is 45.4 Å². The van der Waals surface area contributed by atoms with E-state index in [4.69, 9.17) is 5.73 Å². The summed E-state index contributed by atoms with van der Waals surface area (Å²) >= 11 is 0. The third-order valence-electron chi connectivity index (χ3n) is 3.30. The summed E-state index contributed by atoms with van der Waals surface area (Å²) in [6.45, 7) is 3.66. The Bertz CT molecular complexity index is 376. The van der Waals surface area contributed by atoms with Crippen molar-refractivity contribution >= 4 is 5.95 Å². The molecule has 94 valence electrons. The second kappa shape index (κ2) is 5.96. The molecule has 1 aromatic heterocycles. The molecule has 0 bridgehead atoms. The molecule has 17 heavy (non-hydrogen) atoms. The third kappa shape index (κ3) is 3.16. The Morgan fingerprint density at radius 1 is 1.18 bits per heavy atom. The highest BCUT2D eigenvalue weighted by molar-refractivity contribution is 5.35. The highest BCUT2D eigenvalue weighted by Gasteiger charge is 2.13. The summed E-state index contributed by atoms with van der Waals surface area (Å²) in [5.74, 6) is 0.775. The molecule has 1 aromatic rings. The SMILES string of the molecule is Cc1nc(NCCCN)nc2c1CCCCC2. The lowest BCUT2D eigenvalue weighted by atomic mass is 10.1. The average Bonchev–Trinajstić information content (AvgIpc) is 2.55. The fraction of sp³-hybridized carbons (Fsp3) is 0.692. The Labute approximate surface area is 103 Å². The van der Waals surface area contributed by atoms with Gasteiger partial charge in [0, 0.05) is 17.9 Å². The minimum absolute atomic E-state index is 0.705. The van der Waals surface area contributed by atoms with Crippen molar-refractivity contribution in [1.82, 2.24) is 9.97 Å². The van der Waals surface area contributed by atoms with E-state index < -0.39 is 0 Å². The number of aromatic nitrogens is 2. The molecule has 3 N–H and O–H groups in total. The van der Waals surface area contributed by atoms with Crippen LogP contribution in [0.25, 0.3) is 0 Å². The molecule has 0 amide bonds. The number of nitrogens with one attached hydrogen (secondary N) is 1. The van der Waals surface area contributed by atoms with E-state index >= 15 is 0 Å². The Hall–Kier alpha value is -1.16. The maximum atomic E-state index is 5.47. The van der Waals surface area contributed by atoms with E-state index in [1.54, 1.807) is 0 Å². The van der Waals surface area contributed by atoms with Crippen LogP contribution < -0.4 is 11.1 Å². The molecule has 0 saturated carbocycles. The molecule has 0 aliphatic heterocycles. The van der Waals surface area contributed by atoms with E-state index in [1.807, 2.05) is 0 Å². The van der Waals surface area contributed by atoms with Crippen molar-refractivity contribution in [3.05, 3.63) is 17.0 Å². The van der Waals surface area contributed by atoms with Crippen LogP contribution in [0.4, 0.5) is 5.95 Å². The first-order chi connectivity index (χ1) is 8.31. The molecule has 4 nitrogen and oxygen atoms in total. The first-order valence-corrected chi connectivity index (χ1v) is 6.61. The number of hydrogen-bond acceptors (Lipinski definition) is 4. The predicted molar refractivity (Wildman–Crippen MR) is 70.2 cm³/mol. The molecular formula is C13H22N4. The van der Waals surface area contributed by atoms with Gasteiger partial charge in [-0.05, 0) is 51.1 Å². The summed E-state index contributed by atoms with van der Waals surface area (Å²) in [5.41, 5.74) is 9.25. The van der Waals surface area contributed by atoms with E-state index in [-0.39, 0.29) is 0 Å². The summed E-state index contributed by atoms with van der Waals surface area (Å²) in [6.07, 6.45) is 7.04. The van der Waals surface area contributed by atoms with Crippen molar-refractivity contribution in [3.8, 4) is 0 Å². The third-order valence-corrected chi connectivity index (χ3v) is 3.30. The van der Waals surface area contributed by atoms with Crippen molar-refractivity contribution < 1.29 is 0 Å². The normalized spacial score (nSPS) is 15.2. The lowest BCUT2D eigenvalue weighted by Gasteiger charge is -2.11. The highest BCUT2D eigenvalue weighted by Crippen LogP contribution is 2.22. The maximum absolute atomic E-state index is 5.47. The summed E-state index contributed by atoms with van der Waals surface area (Å²) in [4.78, 5) is 9.18. The van der Waals surface area contributed by atoms with Gasteiger partial charge < -0.3 is 11.1 Å². The molecule has 0 fully saturated rings. The number of rotatable bonds is 4. The van der Waals surface area contributed by atoms with Crippen molar-refractivity contribution in [2.75, 3.05) is 18.4 Å². The van der Waals surface area contributed by atoms with Gasteiger partial charge in [-0.3, -0.25) is 0 Å². The van der Waals surface area contributed by atoms with Crippen LogP contribution in [0, 0.1) is 6.92 Å². The quantitative estimate of drug-likeness (QED) is 0.616. The maximum Gasteiger partial charge on any atom is 0.223 e. The van der Waals surface area contributed by atoms with Gasteiger partial charge in [-0.25, -0.2) is 9.97 Å². The molecule has 1 aliphatic carbocycles. The number of nitrogens with zero attached hydrogens (tertiary/aromatic N) is 2. The Morgan fingerprint density at radius 2 is 2.00 bits per heavy atom. The molecule has 0 unspecified atom stereocenters. The average molecular weight is 234 g/mol. The first kappa shape index (κ1) is 12.3. The number of anilines is 1. The van der Waals surface area contributed by atoms with Crippen LogP contribution in [-0.4, -0.2) is 23.1 Å². The van der Waals surface area contributed by atoms with Gasteiger partial charge in [0.05, 0.1) is 0 Å². The van der Waals surface area contributed by atoms with Gasteiger partial charge in [0.2, 0.25) is 5.95 Å². The lowest BCUT2D eigenvalue weighted by Crippen LogP contribution is -2.13. The minimum atomic E-state index is 0.705. The van der Waals surface area contributed by atoms with Crippen molar-refractivity contribution in [3.63, 3.8) is 0 Å². The Morgan fingerprint density at radius 3 is 2.82 bits per heavy atom. The van der Waals surface area contributed by atoms with Crippen molar-refractivity contribution in [2.24, 2.45) is 5.73 Å². The van der Waals surface area contributed by atoms with E-state index in [9.17, 15) is 0 Å². The predicted octanol–water partition coefficient (Wildman–Crippen LogP) is 1.81. The van der Waals surface area contributed by atoms with E-state index in [1.165, 1.54) is 30.5 Å². The zero-order valence-corrected chi connectivity index (χ0v) is 10.6. The van der Waals surface area contributed by atoms with E-state index in [0.717, 1.165) is 37.4 Å². The summed E-state index contributed by atoms with van der Waals surface area (Å²) in [5, 5.41) is 3.25. The zero-order chi connectivity index (χ0) is 12.1. The number of fused-ring (bicyclic) bond motifs is 1. The first-order valence-electron chi connectivity index (χ1n) is 6.61. The van der Waals surface area contributed by atoms with Gasteiger partial charge in [-0.2, -0.15) is 0 Å². The molecule has 0 saturated heterocycles. The van der Waals surface area contributed by atoms with Crippen LogP contribution in [0.1, 0.15) is 42.6 Å². The topological polar surface area (TPSA) is 63.8 Å². The molecule has 0 spiro atoms. The van der Waals surface area contributed by atoms with Crippen LogP contribution in [0.15, 0.2) is 0 Å². The standard InChI is InChI=1S/C13H22N4/c1-10-11-6-3-2-4-7-12(11)17-13(16-10)15-9-5-8-14/h2-9,14H2,1H3,(H,15,16,17). The molecule has 4 heteroatoms. The second-order valence-corrected chi connectivity index (χ2v) is 4.69. The molecule has 0 atom stereocenters. The summed E-state index contributed by atoms with van der Waals surface area (Å²) < 4.78 is 0. The highest BCUT2D eigenvalue weighted by atomic mass is 15.1. The van der Waals surface area contributed by atoms with Gasteiger partial charge >= 0.3 is 0 Å². The zero-order valence-electron chi connectivity index (χ0n) is 10.6. The molecule has 1 aliphatic rings. The second-order valence-electron chi connectivity index (χ2n) is 4.69. The fourth-order valence-electron chi connectivity index (χ4n) is 2.34. The van der Waals surface area contributed by atoms with Gasteiger partial charge in [0.15, 0.2) is 0 Å². The van der Waals surface area contributed by atoms with Gasteiger partial charge in [0.25, 0.3) is 0 Å². The molecule has 2 rings (SSSR count). The monoisotopic (exact) mass is 234 g/mol. The smallest absolute Gasteiger partial charge is 0.223 e. The van der Waals surface area contributed by atoms with Crippen LogP contribution in [0.3, 0.4) is 0 Å². The van der Waals surface area contributed by atoms with Crippen LogP contribution >= 0.6 is 0 Å². The van der Waals surface area contributed by atoms with Crippen LogP contribution in [0.5, 0.6) is 0 Å². The Kier molecular flexibility index (Phi) is 4.31. The number of nitrogens with two attached hydrogens (primary N) is 1. The van der Waals surface area contributed by atoms with E-state index in [2.05, 4.69) is 22.2 Å². The van der Waals surface area contributed by atoms with Crippen LogP contribution in [-0.2, 0) is 12.8 Å². The van der Waals surface area contributed by atoms with Crippen LogP contribution in [0.2, 0.25) is 0 Å². The Balaban J connectivity index is 2.14. The van der Waals surface area contributed by atoms with Gasteiger partial charge in [-0.1, -0.05) is 6.42 Å². The van der Waals surface area contributed by atoms with Gasteiger partial charge in [0.1, 0.15) is 0 Å². The molecular weight excluding hydrogens is 212 g/mol. The molecule has 0 aromatic carbocycles. The number of aryl methyl sites for hydroxylation is 2. The fourth-order valence-corrected chi connectivity index (χ4v) is 2.34. The summed E-state index contributed by atoms with van der Waals surface area (Å²) in [6, 6.07) is 0. The molecule has 1 heterocycles. The molecule has 0 radical (unpaired) electrons. The lowest BCUT2D eigenvalue weighted by molar-refractivity contribution is 0.708. The van der Waals surface area contributed by atoms with Crippen molar-refractivity contribution in [1.29, 1.82) is 0 Å².